The number of rotatable bonds is 6. The van der Waals surface area contributed by atoms with Crippen molar-refractivity contribution in [3.8, 4) is 0 Å². The van der Waals surface area contributed by atoms with Crippen molar-refractivity contribution in [2.75, 3.05) is 7.11 Å². The lowest BCUT2D eigenvalue weighted by molar-refractivity contribution is -0.137. The van der Waals surface area contributed by atoms with E-state index >= 15 is 0 Å². The van der Waals surface area contributed by atoms with Crippen molar-refractivity contribution in [2.45, 2.75) is 25.6 Å². The number of H-pyrrole nitrogens is 1. The third-order valence-corrected chi connectivity index (χ3v) is 5.75. The maximum atomic E-state index is 13.1. The molecule has 6 nitrogen and oxygen atoms in total. The summed E-state index contributed by atoms with van der Waals surface area (Å²) in [7, 11) is 1.30. The Hall–Kier alpha value is -4.14. The molecule has 0 unspecified atom stereocenters. The van der Waals surface area contributed by atoms with Crippen molar-refractivity contribution in [3.63, 3.8) is 0 Å². The maximum Gasteiger partial charge on any atom is 0.416 e. The second-order valence-electron chi connectivity index (χ2n) is 8.09. The molecule has 9 heteroatoms. The molecule has 1 amide bonds. The van der Waals surface area contributed by atoms with Gasteiger partial charge in [-0.15, -0.1) is 0 Å². The highest BCUT2D eigenvalue weighted by atomic mass is 19.4. The Kier molecular flexibility index (Phi) is 6.59. The zero-order valence-corrected chi connectivity index (χ0v) is 18.9. The van der Waals surface area contributed by atoms with E-state index in [1.165, 1.54) is 19.2 Å². The molecule has 1 aromatic heterocycles. The van der Waals surface area contributed by atoms with Crippen LogP contribution in [0.1, 0.15) is 56.1 Å². The molecule has 35 heavy (non-hydrogen) atoms. The van der Waals surface area contributed by atoms with Crippen molar-refractivity contribution in [2.24, 2.45) is 0 Å². The molecule has 180 valence electrons. The van der Waals surface area contributed by atoms with Gasteiger partial charge in [-0.25, -0.2) is 4.79 Å². The molecule has 2 N–H and O–H groups in total. The van der Waals surface area contributed by atoms with Gasteiger partial charge in [0.05, 0.1) is 29.8 Å². The summed E-state index contributed by atoms with van der Waals surface area (Å²) in [5.41, 5.74) is 2.76. The number of nitrogens with one attached hydrogen (secondary N) is 2. The summed E-state index contributed by atoms with van der Waals surface area (Å²) < 4.78 is 43.3. The molecule has 0 aliphatic carbocycles. The second-order valence-corrected chi connectivity index (χ2v) is 8.09. The predicted octanol–water partition coefficient (Wildman–Crippen LogP) is 5.45. The van der Waals surface area contributed by atoms with Gasteiger partial charge in [-0.3, -0.25) is 9.89 Å². The van der Waals surface area contributed by atoms with Gasteiger partial charge in [0.2, 0.25) is 0 Å². The van der Waals surface area contributed by atoms with Gasteiger partial charge in [-0.1, -0.05) is 36.4 Å². The van der Waals surface area contributed by atoms with Gasteiger partial charge < -0.3 is 10.1 Å². The number of benzene rings is 3. The molecule has 4 rings (SSSR count). The van der Waals surface area contributed by atoms with E-state index in [1.807, 2.05) is 13.0 Å². The minimum absolute atomic E-state index is 0.195. The van der Waals surface area contributed by atoms with Crippen LogP contribution >= 0.6 is 0 Å². The van der Waals surface area contributed by atoms with Gasteiger partial charge in [0.25, 0.3) is 5.91 Å². The number of aromatic nitrogens is 2. The first-order valence-corrected chi connectivity index (χ1v) is 10.8. The fourth-order valence-electron chi connectivity index (χ4n) is 3.86. The molecular formula is C26H22F3N3O3. The zero-order chi connectivity index (χ0) is 25.2. The van der Waals surface area contributed by atoms with Gasteiger partial charge >= 0.3 is 12.1 Å². The van der Waals surface area contributed by atoms with Crippen molar-refractivity contribution in [3.05, 3.63) is 100 Å². The van der Waals surface area contributed by atoms with E-state index in [0.717, 1.165) is 23.3 Å². The third-order valence-electron chi connectivity index (χ3n) is 5.75. The summed E-state index contributed by atoms with van der Waals surface area (Å²) in [6.45, 7) is 1.81. The van der Waals surface area contributed by atoms with Gasteiger partial charge in [-0.2, -0.15) is 18.3 Å². The molecule has 3 aromatic carbocycles. The Morgan fingerprint density at radius 3 is 2.34 bits per heavy atom. The summed E-state index contributed by atoms with van der Waals surface area (Å²) >= 11 is 0. The highest BCUT2D eigenvalue weighted by molar-refractivity contribution is 6.06. The van der Waals surface area contributed by atoms with E-state index in [2.05, 4.69) is 15.5 Å². The Morgan fingerprint density at radius 1 is 1.03 bits per heavy atom. The predicted molar refractivity (Wildman–Crippen MR) is 124 cm³/mol. The van der Waals surface area contributed by atoms with Crippen LogP contribution in [0.5, 0.6) is 0 Å². The van der Waals surface area contributed by atoms with Crippen molar-refractivity contribution in [1.29, 1.82) is 0 Å². The van der Waals surface area contributed by atoms with Crippen LogP contribution in [-0.4, -0.2) is 29.2 Å². The molecule has 0 saturated heterocycles. The van der Waals surface area contributed by atoms with E-state index in [-0.39, 0.29) is 11.7 Å². The molecule has 1 heterocycles. The molecule has 0 aliphatic rings. The Labute approximate surface area is 199 Å². The standard InChI is InChI=1S/C26H22F3N3O3/c1-15(17-8-10-18(11-9-17)25(34)35-2)30-24(33)23-22-19(4-3-5-21(22)31-32-23)14-16-6-12-20(13-7-16)26(27,28)29/h3-13,15H,14H2,1-2H3,(H,30,33)(H,31,32)/t15-/m0/s1. The first-order valence-electron chi connectivity index (χ1n) is 10.8. The number of hydrogen-bond acceptors (Lipinski definition) is 4. The normalized spacial score (nSPS) is 12.4. The minimum atomic E-state index is -4.40. The van der Waals surface area contributed by atoms with Crippen LogP contribution in [0.2, 0.25) is 0 Å². The molecule has 0 aliphatic heterocycles. The second kappa shape index (κ2) is 9.61. The maximum absolute atomic E-state index is 13.1. The minimum Gasteiger partial charge on any atom is -0.465 e. The number of amides is 1. The Bertz CT molecular complexity index is 1360. The number of nitrogens with zero attached hydrogens (tertiary/aromatic N) is 1. The fraction of sp³-hybridized carbons (Fsp3) is 0.192. The van der Waals surface area contributed by atoms with Crippen LogP contribution < -0.4 is 5.32 Å². The zero-order valence-electron chi connectivity index (χ0n) is 18.9. The molecular weight excluding hydrogens is 459 g/mol. The molecule has 0 saturated carbocycles. The summed E-state index contributed by atoms with van der Waals surface area (Å²) in [6.07, 6.45) is -4.06. The van der Waals surface area contributed by atoms with Crippen molar-refractivity contribution < 1.29 is 27.5 Å². The van der Waals surface area contributed by atoms with Gasteiger partial charge in [0, 0.05) is 5.39 Å². The molecule has 0 bridgehead atoms. The van der Waals surface area contributed by atoms with Crippen LogP contribution in [-0.2, 0) is 17.3 Å². The third kappa shape index (κ3) is 5.18. The smallest absolute Gasteiger partial charge is 0.416 e. The lowest BCUT2D eigenvalue weighted by atomic mass is 9.99. The van der Waals surface area contributed by atoms with Crippen LogP contribution in [0, 0.1) is 0 Å². The molecule has 1 atom stereocenters. The van der Waals surface area contributed by atoms with E-state index in [0.29, 0.717) is 28.5 Å². The molecule has 0 spiro atoms. The van der Waals surface area contributed by atoms with Gasteiger partial charge in [-0.05, 0) is 60.4 Å². The average Bonchev–Trinajstić information content (AvgIpc) is 3.29. The number of carbonyl (C=O) groups excluding carboxylic acids is 2. The van der Waals surface area contributed by atoms with Gasteiger partial charge in [0.15, 0.2) is 5.69 Å². The summed E-state index contributed by atoms with van der Waals surface area (Å²) in [5.74, 6) is -0.850. The average molecular weight is 481 g/mol. The Morgan fingerprint density at radius 2 is 1.71 bits per heavy atom. The lowest BCUT2D eigenvalue weighted by Gasteiger charge is -2.14. The summed E-state index contributed by atoms with van der Waals surface area (Å²) in [5, 5.41) is 10.6. The first kappa shape index (κ1) is 24.0. The quantitative estimate of drug-likeness (QED) is 0.359. The first-order chi connectivity index (χ1) is 16.7. The van der Waals surface area contributed by atoms with Crippen LogP contribution in [0.4, 0.5) is 13.2 Å². The largest absolute Gasteiger partial charge is 0.465 e. The molecule has 0 radical (unpaired) electrons. The van der Waals surface area contributed by atoms with Crippen LogP contribution in [0.3, 0.4) is 0 Å². The van der Waals surface area contributed by atoms with E-state index in [9.17, 15) is 22.8 Å². The number of hydrogen-bond donors (Lipinski definition) is 2. The number of methoxy groups -OCH3 is 1. The topological polar surface area (TPSA) is 84.1 Å². The van der Waals surface area contributed by atoms with Crippen molar-refractivity contribution >= 4 is 22.8 Å². The number of ether oxygens (including phenoxy) is 1. The molecule has 4 aromatic rings. The van der Waals surface area contributed by atoms with E-state index < -0.39 is 23.6 Å². The van der Waals surface area contributed by atoms with Crippen LogP contribution in [0.25, 0.3) is 10.9 Å². The fourth-order valence-corrected chi connectivity index (χ4v) is 3.86. The van der Waals surface area contributed by atoms with Crippen molar-refractivity contribution in [1.82, 2.24) is 15.5 Å². The van der Waals surface area contributed by atoms with E-state index in [1.54, 1.807) is 36.4 Å². The number of aromatic amines is 1. The summed E-state index contributed by atoms with van der Waals surface area (Å²) in [6, 6.07) is 16.7. The SMILES string of the molecule is COC(=O)c1ccc([C@H](C)NC(=O)c2n[nH]c3cccc(Cc4ccc(C(F)(F)F)cc4)c23)cc1. The monoisotopic (exact) mass is 481 g/mol. The van der Waals surface area contributed by atoms with Crippen LogP contribution in [0.15, 0.2) is 66.7 Å². The number of fused-ring (bicyclic) bond motifs is 1. The highest BCUT2D eigenvalue weighted by Gasteiger charge is 2.30. The number of carbonyl (C=O) groups is 2. The summed E-state index contributed by atoms with van der Waals surface area (Å²) in [4.78, 5) is 24.7. The number of esters is 1. The lowest BCUT2D eigenvalue weighted by Crippen LogP contribution is -2.27. The number of halogens is 3. The van der Waals surface area contributed by atoms with Gasteiger partial charge in [0.1, 0.15) is 0 Å². The Balaban J connectivity index is 1.56. The number of alkyl halides is 3. The molecule has 0 fully saturated rings. The van der Waals surface area contributed by atoms with E-state index in [4.69, 9.17) is 4.74 Å². The highest BCUT2D eigenvalue weighted by Crippen LogP contribution is 2.30.